The third kappa shape index (κ3) is 4.15. The lowest BCUT2D eigenvalue weighted by Crippen LogP contribution is -2.28. The van der Waals surface area contributed by atoms with E-state index in [1.54, 1.807) is 11.3 Å². The van der Waals surface area contributed by atoms with Crippen molar-refractivity contribution < 1.29 is 0 Å². The highest BCUT2D eigenvalue weighted by Gasteiger charge is 2.16. The Labute approximate surface area is 126 Å². The van der Waals surface area contributed by atoms with Gasteiger partial charge in [0, 0.05) is 30.6 Å². The number of hydrogen-bond acceptors (Lipinski definition) is 3. The summed E-state index contributed by atoms with van der Waals surface area (Å²) < 4.78 is 0. The molecule has 0 radical (unpaired) electrons. The lowest BCUT2D eigenvalue weighted by atomic mass is 9.88. The summed E-state index contributed by atoms with van der Waals surface area (Å²) in [6.45, 7) is 8.84. The van der Waals surface area contributed by atoms with Gasteiger partial charge in [-0.2, -0.15) is 0 Å². The quantitative estimate of drug-likeness (QED) is 0.822. The normalized spacial score (nSPS) is 14.4. The van der Waals surface area contributed by atoms with Crippen LogP contribution in [0.25, 0.3) is 0 Å². The standard InChI is InChI=1S/C17H24N2S/c1-13(2)16(15-7-5-4-6-8-15)12-18-11-14(3)17-19-9-10-20-17/h4-10,13-14,16,18H,11-12H2,1-3H3. The molecular formula is C17H24N2S. The Bertz CT molecular complexity index is 479. The van der Waals surface area contributed by atoms with Crippen LogP contribution >= 0.6 is 11.3 Å². The molecule has 0 amide bonds. The first kappa shape index (κ1) is 15.2. The Morgan fingerprint density at radius 1 is 1.10 bits per heavy atom. The molecule has 2 rings (SSSR count). The van der Waals surface area contributed by atoms with Crippen LogP contribution in [0.2, 0.25) is 0 Å². The molecule has 20 heavy (non-hydrogen) atoms. The lowest BCUT2D eigenvalue weighted by molar-refractivity contribution is 0.454. The van der Waals surface area contributed by atoms with Gasteiger partial charge in [-0.05, 0) is 17.4 Å². The topological polar surface area (TPSA) is 24.9 Å². The van der Waals surface area contributed by atoms with Crippen molar-refractivity contribution in [2.24, 2.45) is 5.92 Å². The van der Waals surface area contributed by atoms with Crippen LogP contribution in [0.5, 0.6) is 0 Å². The van der Waals surface area contributed by atoms with Gasteiger partial charge < -0.3 is 5.32 Å². The maximum absolute atomic E-state index is 4.39. The largest absolute Gasteiger partial charge is 0.315 e. The van der Waals surface area contributed by atoms with Crippen molar-refractivity contribution in [3.05, 3.63) is 52.5 Å². The zero-order valence-electron chi connectivity index (χ0n) is 12.5. The Morgan fingerprint density at radius 3 is 2.45 bits per heavy atom. The van der Waals surface area contributed by atoms with Crippen molar-refractivity contribution in [3.8, 4) is 0 Å². The SMILES string of the molecule is CC(CNCC(c1ccccc1)C(C)C)c1nccs1. The van der Waals surface area contributed by atoms with Gasteiger partial charge in [-0.1, -0.05) is 51.1 Å². The summed E-state index contributed by atoms with van der Waals surface area (Å²) in [5.41, 5.74) is 1.43. The Balaban J connectivity index is 1.87. The van der Waals surface area contributed by atoms with Gasteiger partial charge in [0.05, 0.1) is 5.01 Å². The fourth-order valence-electron chi connectivity index (χ4n) is 2.46. The molecule has 0 aliphatic carbocycles. The maximum Gasteiger partial charge on any atom is 0.0965 e. The summed E-state index contributed by atoms with van der Waals surface area (Å²) in [5.74, 6) is 1.69. The minimum Gasteiger partial charge on any atom is -0.315 e. The lowest BCUT2D eigenvalue weighted by Gasteiger charge is -2.22. The first-order valence-electron chi connectivity index (χ1n) is 7.33. The van der Waals surface area contributed by atoms with Crippen LogP contribution in [0.4, 0.5) is 0 Å². The molecule has 1 aromatic carbocycles. The number of hydrogen-bond donors (Lipinski definition) is 1. The van der Waals surface area contributed by atoms with E-state index >= 15 is 0 Å². The van der Waals surface area contributed by atoms with E-state index in [0.717, 1.165) is 13.1 Å². The zero-order chi connectivity index (χ0) is 14.4. The van der Waals surface area contributed by atoms with Crippen LogP contribution in [-0.2, 0) is 0 Å². The number of benzene rings is 1. The molecule has 0 saturated carbocycles. The molecule has 0 aliphatic heterocycles. The van der Waals surface area contributed by atoms with Crippen molar-refractivity contribution in [2.75, 3.05) is 13.1 Å². The number of nitrogens with one attached hydrogen (secondary N) is 1. The first-order valence-corrected chi connectivity index (χ1v) is 8.21. The minimum absolute atomic E-state index is 0.485. The second kappa shape index (κ2) is 7.55. The fourth-order valence-corrected chi connectivity index (χ4v) is 3.16. The maximum atomic E-state index is 4.39. The molecule has 0 fully saturated rings. The molecule has 2 atom stereocenters. The van der Waals surface area contributed by atoms with Crippen LogP contribution in [-0.4, -0.2) is 18.1 Å². The van der Waals surface area contributed by atoms with E-state index in [2.05, 4.69) is 61.4 Å². The number of rotatable bonds is 7. The van der Waals surface area contributed by atoms with Crippen LogP contribution in [0.15, 0.2) is 41.9 Å². The molecule has 2 unspecified atom stereocenters. The van der Waals surface area contributed by atoms with Crippen molar-refractivity contribution in [1.82, 2.24) is 10.3 Å². The van der Waals surface area contributed by atoms with Crippen molar-refractivity contribution >= 4 is 11.3 Å². The van der Waals surface area contributed by atoms with Gasteiger partial charge in [0.15, 0.2) is 0 Å². The highest BCUT2D eigenvalue weighted by Crippen LogP contribution is 2.24. The summed E-state index contributed by atoms with van der Waals surface area (Å²) in [4.78, 5) is 4.39. The van der Waals surface area contributed by atoms with Crippen LogP contribution < -0.4 is 5.32 Å². The Kier molecular flexibility index (Phi) is 5.74. The first-order chi connectivity index (χ1) is 9.68. The summed E-state index contributed by atoms with van der Waals surface area (Å²) in [6, 6.07) is 10.8. The molecule has 0 bridgehead atoms. The Morgan fingerprint density at radius 2 is 1.85 bits per heavy atom. The van der Waals surface area contributed by atoms with Crippen molar-refractivity contribution in [3.63, 3.8) is 0 Å². The number of aromatic nitrogens is 1. The molecule has 2 nitrogen and oxygen atoms in total. The molecule has 2 aromatic rings. The van der Waals surface area contributed by atoms with E-state index in [-0.39, 0.29) is 0 Å². The van der Waals surface area contributed by atoms with Crippen LogP contribution in [0, 0.1) is 5.92 Å². The molecule has 0 aliphatic rings. The molecule has 3 heteroatoms. The van der Waals surface area contributed by atoms with Crippen LogP contribution in [0.1, 0.15) is 43.2 Å². The summed E-state index contributed by atoms with van der Waals surface area (Å²) in [5, 5.41) is 6.89. The predicted octanol–water partition coefficient (Wildman–Crippen LogP) is 4.28. The highest BCUT2D eigenvalue weighted by atomic mass is 32.1. The summed E-state index contributed by atoms with van der Waals surface area (Å²) in [7, 11) is 0. The van der Waals surface area contributed by atoms with Gasteiger partial charge in [-0.3, -0.25) is 0 Å². The molecule has 0 saturated heterocycles. The van der Waals surface area contributed by atoms with Gasteiger partial charge in [-0.15, -0.1) is 11.3 Å². The van der Waals surface area contributed by atoms with E-state index in [4.69, 9.17) is 0 Å². The van der Waals surface area contributed by atoms with Gasteiger partial charge in [-0.25, -0.2) is 4.98 Å². The molecular weight excluding hydrogens is 264 g/mol. The molecule has 1 N–H and O–H groups in total. The number of nitrogens with zero attached hydrogens (tertiary/aromatic N) is 1. The van der Waals surface area contributed by atoms with Crippen molar-refractivity contribution in [1.29, 1.82) is 0 Å². The van der Waals surface area contributed by atoms with Crippen molar-refractivity contribution in [2.45, 2.75) is 32.6 Å². The Hall–Kier alpha value is -1.19. The molecule has 1 aromatic heterocycles. The monoisotopic (exact) mass is 288 g/mol. The van der Waals surface area contributed by atoms with Gasteiger partial charge in [0.1, 0.15) is 0 Å². The van der Waals surface area contributed by atoms with E-state index in [1.165, 1.54) is 10.6 Å². The van der Waals surface area contributed by atoms with Crippen LogP contribution in [0.3, 0.4) is 0 Å². The average Bonchev–Trinajstić information content (AvgIpc) is 2.98. The minimum atomic E-state index is 0.485. The van der Waals surface area contributed by atoms with E-state index in [9.17, 15) is 0 Å². The van der Waals surface area contributed by atoms with Gasteiger partial charge in [0.25, 0.3) is 0 Å². The van der Waals surface area contributed by atoms with E-state index in [0.29, 0.717) is 17.8 Å². The number of thiazole rings is 1. The summed E-state index contributed by atoms with van der Waals surface area (Å²) >= 11 is 1.74. The van der Waals surface area contributed by atoms with Gasteiger partial charge in [0.2, 0.25) is 0 Å². The zero-order valence-corrected chi connectivity index (χ0v) is 13.4. The van der Waals surface area contributed by atoms with E-state index in [1.807, 2.05) is 11.6 Å². The third-order valence-electron chi connectivity index (χ3n) is 3.72. The highest BCUT2D eigenvalue weighted by molar-refractivity contribution is 7.09. The van der Waals surface area contributed by atoms with E-state index < -0.39 is 0 Å². The third-order valence-corrected chi connectivity index (χ3v) is 4.73. The summed E-state index contributed by atoms with van der Waals surface area (Å²) in [6.07, 6.45) is 1.89. The average molecular weight is 288 g/mol. The molecule has 0 spiro atoms. The molecule has 108 valence electrons. The smallest absolute Gasteiger partial charge is 0.0965 e. The second-order valence-electron chi connectivity index (χ2n) is 5.69. The fraction of sp³-hybridized carbons (Fsp3) is 0.471. The van der Waals surface area contributed by atoms with Gasteiger partial charge >= 0.3 is 0 Å². The second-order valence-corrected chi connectivity index (χ2v) is 6.62. The molecule has 1 heterocycles. The predicted molar refractivity (Wildman–Crippen MR) is 87.4 cm³/mol.